The van der Waals surface area contributed by atoms with Gasteiger partial charge in [0.15, 0.2) is 0 Å². The van der Waals surface area contributed by atoms with Gasteiger partial charge in [-0.15, -0.1) is 0 Å². The van der Waals surface area contributed by atoms with Crippen LogP contribution in [0.15, 0.2) is 48.3 Å². The lowest BCUT2D eigenvalue weighted by Crippen LogP contribution is -2.33. The smallest absolute Gasteiger partial charge is 0.119 e. The minimum Gasteiger partial charge on any atom is -0.491 e. The fraction of sp³-hybridized carbons (Fsp3) is 0.545. The highest BCUT2D eigenvalue weighted by atomic mass is 19.1. The summed E-state index contributed by atoms with van der Waals surface area (Å²) < 4.78 is 35.5. The van der Waals surface area contributed by atoms with Crippen molar-refractivity contribution in [2.75, 3.05) is 26.6 Å². The van der Waals surface area contributed by atoms with Crippen molar-refractivity contribution in [3.63, 3.8) is 0 Å². The van der Waals surface area contributed by atoms with Crippen molar-refractivity contribution in [3.8, 4) is 5.75 Å². The summed E-state index contributed by atoms with van der Waals surface area (Å²) in [5.74, 6) is 1.63. The Morgan fingerprint density at radius 2 is 1.57 bits per heavy atom. The number of aliphatic hydroxyl groups excluding tert-OH is 2. The van der Waals surface area contributed by atoms with Crippen molar-refractivity contribution in [2.24, 2.45) is 11.8 Å². The van der Waals surface area contributed by atoms with Gasteiger partial charge in [-0.3, -0.25) is 0 Å². The fourth-order valence-electron chi connectivity index (χ4n) is 3.43. The highest BCUT2D eigenvalue weighted by Crippen LogP contribution is 2.40. The average Bonchev–Trinajstić information content (AvgIpc) is 2.70. The van der Waals surface area contributed by atoms with Crippen LogP contribution in [0.4, 0.5) is 8.78 Å². The molecular formula is C22H30F2O4. The van der Waals surface area contributed by atoms with E-state index in [2.05, 4.69) is 26.8 Å². The van der Waals surface area contributed by atoms with E-state index >= 15 is 0 Å². The quantitative estimate of drug-likeness (QED) is 0.633. The maximum Gasteiger partial charge on any atom is 0.119 e. The molecule has 0 radical (unpaired) electrons. The molecule has 0 heterocycles. The summed E-state index contributed by atoms with van der Waals surface area (Å²) in [6, 6.07) is 7.60. The van der Waals surface area contributed by atoms with Gasteiger partial charge in [0.05, 0.1) is 0 Å². The Hall–Kier alpha value is -1.92. The summed E-state index contributed by atoms with van der Waals surface area (Å²) in [6.07, 6.45) is 3.73. The Labute approximate surface area is 165 Å². The average molecular weight is 396 g/mol. The third-order valence-electron chi connectivity index (χ3n) is 5.13. The fourth-order valence-corrected chi connectivity index (χ4v) is 3.43. The van der Waals surface area contributed by atoms with Crippen LogP contribution in [0.5, 0.6) is 5.75 Å². The standard InChI is InChI=1S/C22H30F2O4/c1-15-10-20(28-14-18(26)12-24)8-9-21(15)22(2,3)16-4-6-19(7-5-16)27-13-17(25)11-23/h4-10,15,17-18,21,25-26H,11-14H2,1-3H3. The number of ether oxygens (including phenoxy) is 2. The molecule has 1 aromatic rings. The molecule has 0 saturated heterocycles. The van der Waals surface area contributed by atoms with Crippen LogP contribution >= 0.6 is 0 Å². The summed E-state index contributed by atoms with van der Waals surface area (Å²) in [5, 5.41) is 18.5. The topological polar surface area (TPSA) is 58.9 Å². The van der Waals surface area contributed by atoms with Crippen LogP contribution in [-0.4, -0.2) is 49.0 Å². The summed E-state index contributed by atoms with van der Waals surface area (Å²) in [4.78, 5) is 0. The Kier molecular flexibility index (Phi) is 8.01. The van der Waals surface area contributed by atoms with Gasteiger partial charge in [-0.05, 0) is 47.1 Å². The third-order valence-corrected chi connectivity index (χ3v) is 5.13. The first-order valence-electron chi connectivity index (χ1n) is 9.52. The van der Waals surface area contributed by atoms with E-state index in [-0.39, 0.29) is 30.5 Å². The van der Waals surface area contributed by atoms with Crippen molar-refractivity contribution < 1.29 is 28.5 Å². The summed E-state index contributed by atoms with van der Waals surface area (Å²) in [5.41, 5.74) is 0.950. The molecule has 0 spiro atoms. The Morgan fingerprint density at radius 3 is 2.11 bits per heavy atom. The normalized spacial score (nSPS) is 21.8. The Bertz CT molecular complexity index is 670. The molecule has 4 unspecified atom stereocenters. The molecule has 4 nitrogen and oxygen atoms in total. The Balaban J connectivity index is 2.02. The van der Waals surface area contributed by atoms with E-state index in [0.717, 1.165) is 5.56 Å². The van der Waals surface area contributed by atoms with Crippen LogP contribution in [0.1, 0.15) is 26.3 Å². The summed E-state index contributed by atoms with van der Waals surface area (Å²) in [6.45, 7) is 4.62. The third kappa shape index (κ3) is 5.79. The molecule has 2 rings (SSSR count). The minimum atomic E-state index is -1.11. The molecule has 28 heavy (non-hydrogen) atoms. The van der Waals surface area contributed by atoms with E-state index in [4.69, 9.17) is 9.47 Å². The van der Waals surface area contributed by atoms with Gasteiger partial charge in [-0.25, -0.2) is 8.78 Å². The monoisotopic (exact) mass is 396 g/mol. The van der Waals surface area contributed by atoms with Gasteiger partial charge in [0.2, 0.25) is 0 Å². The van der Waals surface area contributed by atoms with Crippen LogP contribution in [-0.2, 0) is 10.2 Å². The molecule has 2 N–H and O–H groups in total. The summed E-state index contributed by atoms with van der Waals surface area (Å²) in [7, 11) is 0. The summed E-state index contributed by atoms with van der Waals surface area (Å²) >= 11 is 0. The van der Waals surface area contributed by atoms with Gasteiger partial charge in [-0.2, -0.15) is 0 Å². The van der Waals surface area contributed by atoms with E-state index in [0.29, 0.717) is 11.5 Å². The van der Waals surface area contributed by atoms with Gasteiger partial charge >= 0.3 is 0 Å². The van der Waals surface area contributed by atoms with Crippen molar-refractivity contribution in [3.05, 3.63) is 53.8 Å². The zero-order chi connectivity index (χ0) is 20.7. The van der Waals surface area contributed by atoms with Crippen LogP contribution in [0.25, 0.3) is 0 Å². The first-order chi connectivity index (χ1) is 13.3. The lowest BCUT2D eigenvalue weighted by atomic mass is 9.67. The van der Waals surface area contributed by atoms with Gasteiger partial charge in [0.1, 0.15) is 50.3 Å². The maximum atomic E-state index is 12.4. The minimum absolute atomic E-state index is 0.0635. The van der Waals surface area contributed by atoms with Gasteiger partial charge < -0.3 is 19.7 Å². The molecule has 4 atom stereocenters. The molecule has 0 aromatic heterocycles. The molecule has 0 amide bonds. The van der Waals surface area contributed by atoms with Crippen LogP contribution < -0.4 is 4.74 Å². The molecule has 1 aliphatic rings. The largest absolute Gasteiger partial charge is 0.491 e. The predicted molar refractivity (Wildman–Crippen MR) is 105 cm³/mol. The molecule has 0 saturated carbocycles. The Morgan fingerprint density at radius 1 is 1.00 bits per heavy atom. The SMILES string of the molecule is CC1C=C(OCC(O)CF)C=CC1C(C)(C)c1ccc(OCC(O)CF)cc1. The van der Waals surface area contributed by atoms with Crippen LogP contribution in [0.3, 0.4) is 0 Å². The maximum absolute atomic E-state index is 12.4. The van der Waals surface area contributed by atoms with Gasteiger partial charge in [-0.1, -0.05) is 39.0 Å². The van der Waals surface area contributed by atoms with Crippen molar-refractivity contribution in [2.45, 2.75) is 38.4 Å². The second-order valence-electron chi connectivity index (χ2n) is 7.80. The zero-order valence-electron chi connectivity index (χ0n) is 16.6. The molecule has 0 fully saturated rings. The second-order valence-corrected chi connectivity index (χ2v) is 7.80. The first kappa shape index (κ1) is 22.4. The number of aliphatic hydroxyl groups is 2. The highest BCUT2D eigenvalue weighted by molar-refractivity contribution is 5.35. The number of allylic oxidation sites excluding steroid dienone is 3. The number of rotatable bonds is 10. The first-order valence-corrected chi connectivity index (χ1v) is 9.52. The number of alkyl halides is 2. The molecule has 1 aromatic carbocycles. The zero-order valence-corrected chi connectivity index (χ0v) is 16.6. The lowest BCUT2D eigenvalue weighted by molar-refractivity contribution is 0.0561. The van der Waals surface area contributed by atoms with E-state index in [1.165, 1.54) is 0 Å². The molecule has 0 aliphatic heterocycles. The van der Waals surface area contributed by atoms with Gasteiger partial charge in [0.25, 0.3) is 0 Å². The number of hydrogen-bond acceptors (Lipinski definition) is 4. The molecular weight excluding hydrogens is 366 g/mol. The highest BCUT2D eigenvalue weighted by Gasteiger charge is 2.34. The van der Waals surface area contributed by atoms with Crippen molar-refractivity contribution in [1.82, 2.24) is 0 Å². The van der Waals surface area contributed by atoms with E-state index < -0.39 is 25.6 Å². The molecule has 1 aliphatic carbocycles. The number of hydrogen-bond donors (Lipinski definition) is 2. The van der Waals surface area contributed by atoms with E-state index in [1.54, 1.807) is 0 Å². The predicted octanol–water partition coefficient (Wildman–Crippen LogP) is 3.73. The van der Waals surface area contributed by atoms with Crippen molar-refractivity contribution in [1.29, 1.82) is 0 Å². The molecule has 0 bridgehead atoms. The van der Waals surface area contributed by atoms with Crippen LogP contribution in [0.2, 0.25) is 0 Å². The molecule has 6 heteroatoms. The second kappa shape index (κ2) is 10.0. The van der Waals surface area contributed by atoms with Crippen molar-refractivity contribution >= 4 is 0 Å². The number of benzene rings is 1. The molecule has 156 valence electrons. The van der Waals surface area contributed by atoms with Crippen LogP contribution in [0, 0.1) is 11.8 Å². The lowest BCUT2D eigenvalue weighted by Gasteiger charge is -2.38. The van der Waals surface area contributed by atoms with E-state index in [1.807, 2.05) is 36.4 Å². The number of halogens is 2. The van der Waals surface area contributed by atoms with E-state index in [9.17, 15) is 19.0 Å². The van der Waals surface area contributed by atoms with Gasteiger partial charge in [0, 0.05) is 0 Å².